The highest BCUT2D eigenvalue weighted by atomic mass is 19.4. The first-order valence-electron chi connectivity index (χ1n) is 6.97. The van der Waals surface area contributed by atoms with Crippen molar-refractivity contribution in [2.45, 2.75) is 12.7 Å². The zero-order valence-electron chi connectivity index (χ0n) is 12.0. The number of rotatable bonds is 2. The Labute approximate surface area is 129 Å². The first-order valence-corrected chi connectivity index (χ1v) is 6.97. The second kappa shape index (κ2) is 6.03. The number of ether oxygens (including phenoxy) is 1. The van der Waals surface area contributed by atoms with Crippen LogP contribution in [-0.4, -0.2) is 51.8 Å². The summed E-state index contributed by atoms with van der Waals surface area (Å²) in [6, 6.07) is 1.91. The maximum Gasteiger partial charge on any atom is 0.420 e. The van der Waals surface area contributed by atoms with Crippen molar-refractivity contribution < 1.29 is 22.7 Å². The van der Waals surface area contributed by atoms with Gasteiger partial charge in [-0.1, -0.05) is 0 Å². The van der Waals surface area contributed by atoms with Gasteiger partial charge in [-0.25, -0.2) is 4.79 Å². The van der Waals surface area contributed by atoms with Gasteiger partial charge < -0.3 is 15.0 Å². The van der Waals surface area contributed by atoms with Crippen molar-refractivity contribution in [1.82, 2.24) is 24.8 Å². The Kier molecular flexibility index (Phi) is 4.07. The quantitative estimate of drug-likeness (QED) is 0.901. The van der Waals surface area contributed by atoms with Crippen molar-refractivity contribution in [1.29, 1.82) is 0 Å². The highest BCUT2D eigenvalue weighted by Crippen LogP contribution is 2.31. The molecule has 10 heteroatoms. The van der Waals surface area contributed by atoms with Crippen molar-refractivity contribution in [3.8, 4) is 0 Å². The molecule has 7 nitrogen and oxygen atoms in total. The summed E-state index contributed by atoms with van der Waals surface area (Å²) >= 11 is 0. The van der Waals surface area contributed by atoms with Gasteiger partial charge in [0.15, 0.2) is 11.5 Å². The van der Waals surface area contributed by atoms with Gasteiger partial charge in [0.25, 0.3) is 0 Å². The highest BCUT2D eigenvalue weighted by Gasteiger charge is 2.34. The van der Waals surface area contributed by atoms with Crippen LogP contribution in [0.5, 0.6) is 0 Å². The first kappa shape index (κ1) is 15.5. The lowest BCUT2D eigenvalue weighted by Gasteiger charge is -2.26. The van der Waals surface area contributed by atoms with Crippen LogP contribution in [0.4, 0.5) is 18.0 Å². The molecule has 2 aromatic rings. The Bertz CT molecular complexity index is 709. The second-order valence-corrected chi connectivity index (χ2v) is 4.99. The van der Waals surface area contributed by atoms with Crippen LogP contribution in [0.15, 0.2) is 18.3 Å². The summed E-state index contributed by atoms with van der Waals surface area (Å²) in [6.45, 7) is 1.88. The molecule has 1 aliphatic heterocycles. The molecular formula is C13H14F3N5O2. The molecule has 0 unspecified atom stereocenters. The molecule has 23 heavy (non-hydrogen) atoms. The Morgan fingerprint density at radius 3 is 2.74 bits per heavy atom. The largest absolute Gasteiger partial charge is 0.420 e. The van der Waals surface area contributed by atoms with E-state index in [0.29, 0.717) is 26.3 Å². The molecular weight excluding hydrogens is 315 g/mol. The summed E-state index contributed by atoms with van der Waals surface area (Å²) < 4.78 is 45.1. The maximum atomic E-state index is 12.9. The Balaban J connectivity index is 1.75. The number of nitrogens with one attached hydrogen (secondary N) is 1. The minimum Gasteiger partial charge on any atom is -0.378 e. The molecule has 0 atom stereocenters. The minimum atomic E-state index is -4.51. The number of carbonyl (C=O) groups excluding carboxylic acids is 1. The van der Waals surface area contributed by atoms with E-state index in [2.05, 4.69) is 15.5 Å². The SMILES string of the molecule is O=C(NCc1nnc2c(C(F)(F)F)cccn12)N1CCOCC1. The molecule has 1 aliphatic rings. The van der Waals surface area contributed by atoms with Gasteiger partial charge in [-0.2, -0.15) is 13.2 Å². The third kappa shape index (κ3) is 3.21. The number of morpholine rings is 1. The zero-order valence-corrected chi connectivity index (χ0v) is 12.0. The van der Waals surface area contributed by atoms with Crippen LogP contribution in [0.1, 0.15) is 11.4 Å². The number of halogens is 3. The highest BCUT2D eigenvalue weighted by molar-refractivity contribution is 5.74. The molecule has 124 valence electrons. The summed E-state index contributed by atoms with van der Waals surface area (Å²) in [7, 11) is 0. The average molecular weight is 329 g/mol. The van der Waals surface area contributed by atoms with Crippen molar-refractivity contribution in [3.63, 3.8) is 0 Å². The van der Waals surface area contributed by atoms with Crippen LogP contribution >= 0.6 is 0 Å². The van der Waals surface area contributed by atoms with Crippen molar-refractivity contribution in [2.24, 2.45) is 0 Å². The number of aromatic nitrogens is 3. The number of hydrogen-bond acceptors (Lipinski definition) is 4. The molecule has 1 fully saturated rings. The van der Waals surface area contributed by atoms with E-state index in [4.69, 9.17) is 4.74 Å². The molecule has 2 amide bonds. The van der Waals surface area contributed by atoms with Gasteiger partial charge in [-0.15, -0.1) is 10.2 Å². The van der Waals surface area contributed by atoms with E-state index in [1.165, 1.54) is 16.7 Å². The predicted molar refractivity (Wildman–Crippen MR) is 72.6 cm³/mol. The van der Waals surface area contributed by atoms with E-state index in [0.717, 1.165) is 6.07 Å². The topological polar surface area (TPSA) is 71.8 Å². The van der Waals surface area contributed by atoms with Gasteiger partial charge in [-0.3, -0.25) is 4.40 Å². The van der Waals surface area contributed by atoms with Crippen LogP contribution in [0.25, 0.3) is 5.65 Å². The number of hydrogen-bond donors (Lipinski definition) is 1. The van der Waals surface area contributed by atoms with E-state index in [1.54, 1.807) is 4.90 Å². The van der Waals surface area contributed by atoms with Crippen molar-refractivity contribution in [3.05, 3.63) is 29.7 Å². The molecule has 0 aromatic carbocycles. The zero-order chi connectivity index (χ0) is 16.4. The number of fused-ring (bicyclic) bond motifs is 1. The normalized spacial score (nSPS) is 15.9. The smallest absolute Gasteiger partial charge is 0.378 e. The fraction of sp³-hybridized carbons (Fsp3) is 0.462. The van der Waals surface area contributed by atoms with Crippen molar-refractivity contribution >= 4 is 11.7 Å². The third-order valence-electron chi connectivity index (χ3n) is 3.51. The first-order chi connectivity index (χ1) is 11.0. The molecule has 0 spiro atoms. The molecule has 2 aromatic heterocycles. The molecule has 3 heterocycles. The lowest BCUT2D eigenvalue weighted by Crippen LogP contribution is -2.46. The maximum absolute atomic E-state index is 12.9. The van der Waals surface area contributed by atoms with Crippen LogP contribution in [0.3, 0.4) is 0 Å². The molecule has 0 saturated carbocycles. The number of pyridine rings is 1. The fourth-order valence-electron chi connectivity index (χ4n) is 2.34. The standard InChI is InChI=1S/C13H14F3N5O2/c14-13(15,16)9-2-1-3-21-10(18-19-11(9)21)8-17-12(22)20-4-6-23-7-5-20/h1-3H,4-8H2,(H,17,22). The second-order valence-electron chi connectivity index (χ2n) is 4.99. The lowest BCUT2D eigenvalue weighted by molar-refractivity contribution is -0.136. The van der Waals surface area contributed by atoms with E-state index < -0.39 is 11.7 Å². The molecule has 0 radical (unpaired) electrons. The van der Waals surface area contributed by atoms with E-state index >= 15 is 0 Å². The number of urea groups is 1. The number of amides is 2. The lowest BCUT2D eigenvalue weighted by atomic mass is 10.2. The van der Waals surface area contributed by atoms with Gasteiger partial charge in [0, 0.05) is 19.3 Å². The van der Waals surface area contributed by atoms with Gasteiger partial charge in [0.1, 0.15) is 5.56 Å². The van der Waals surface area contributed by atoms with E-state index in [9.17, 15) is 18.0 Å². The van der Waals surface area contributed by atoms with Crippen molar-refractivity contribution in [2.75, 3.05) is 26.3 Å². The summed E-state index contributed by atoms with van der Waals surface area (Å²) in [5.41, 5.74) is -1.14. The van der Waals surface area contributed by atoms with Crippen LogP contribution < -0.4 is 5.32 Å². The minimum absolute atomic E-state index is 0.0152. The summed E-state index contributed by atoms with van der Waals surface area (Å²) in [5.74, 6) is 0.229. The van der Waals surface area contributed by atoms with Crippen LogP contribution in [-0.2, 0) is 17.5 Å². The average Bonchev–Trinajstić information content (AvgIpc) is 2.95. The van der Waals surface area contributed by atoms with E-state index in [-0.39, 0.29) is 24.0 Å². The van der Waals surface area contributed by atoms with Gasteiger partial charge >= 0.3 is 12.2 Å². The predicted octanol–water partition coefficient (Wildman–Crippen LogP) is 1.29. The third-order valence-corrected chi connectivity index (χ3v) is 3.51. The monoisotopic (exact) mass is 329 g/mol. The summed E-state index contributed by atoms with van der Waals surface area (Å²) in [5, 5.41) is 9.96. The van der Waals surface area contributed by atoms with Gasteiger partial charge in [0.05, 0.1) is 19.8 Å². The van der Waals surface area contributed by atoms with Crippen LogP contribution in [0, 0.1) is 0 Å². The van der Waals surface area contributed by atoms with E-state index in [1.807, 2.05) is 0 Å². The molecule has 0 aliphatic carbocycles. The van der Waals surface area contributed by atoms with Gasteiger partial charge in [0.2, 0.25) is 0 Å². The molecule has 1 N–H and O–H groups in total. The molecule has 0 bridgehead atoms. The fourth-order valence-corrected chi connectivity index (χ4v) is 2.34. The number of carbonyl (C=O) groups is 1. The summed E-state index contributed by atoms with van der Waals surface area (Å²) in [6.07, 6.45) is -3.08. The number of alkyl halides is 3. The van der Waals surface area contributed by atoms with Crippen LogP contribution in [0.2, 0.25) is 0 Å². The Morgan fingerprint density at radius 2 is 2.04 bits per heavy atom. The molecule has 3 rings (SSSR count). The Hall–Kier alpha value is -2.36. The molecule has 1 saturated heterocycles. The number of nitrogens with zero attached hydrogens (tertiary/aromatic N) is 4. The Morgan fingerprint density at radius 1 is 1.30 bits per heavy atom. The van der Waals surface area contributed by atoms with Gasteiger partial charge in [-0.05, 0) is 12.1 Å². The summed E-state index contributed by atoms with van der Waals surface area (Å²) in [4.78, 5) is 13.6.